The Labute approximate surface area is 166 Å². The van der Waals surface area contributed by atoms with E-state index in [1.54, 1.807) is 17.0 Å². The summed E-state index contributed by atoms with van der Waals surface area (Å²) in [5, 5.41) is 3.93. The number of cyclic esters (lactones) is 1. The number of hydrogen-bond donors (Lipinski definition) is 4. The molecule has 2 aliphatic rings. The molecule has 0 unspecified atom stereocenters. The van der Waals surface area contributed by atoms with E-state index in [0.717, 1.165) is 0 Å². The van der Waals surface area contributed by atoms with Crippen molar-refractivity contribution in [3.05, 3.63) is 24.0 Å². The normalized spacial score (nSPS) is 19.6. The van der Waals surface area contributed by atoms with Gasteiger partial charge in [-0.1, -0.05) is 0 Å². The van der Waals surface area contributed by atoms with Crippen molar-refractivity contribution >= 4 is 29.4 Å². The molecule has 158 valence electrons. The highest BCUT2D eigenvalue weighted by molar-refractivity contribution is 5.90. The number of nitrogens with zero attached hydrogens (tertiary/aromatic N) is 3. The van der Waals surface area contributed by atoms with E-state index >= 15 is 0 Å². The van der Waals surface area contributed by atoms with Gasteiger partial charge in [0.05, 0.1) is 31.0 Å². The van der Waals surface area contributed by atoms with Crippen LogP contribution in [-0.2, 0) is 9.53 Å². The second kappa shape index (κ2) is 8.92. The first-order valence-corrected chi connectivity index (χ1v) is 9.17. The molecule has 2 fully saturated rings. The fraction of sp³-hybridized carbons (Fsp3) is 0.471. The van der Waals surface area contributed by atoms with Gasteiger partial charge in [-0.25, -0.2) is 25.2 Å². The summed E-state index contributed by atoms with van der Waals surface area (Å²) in [6, 6.07) is 4.05. The van der Waals surface area contributed by atoms with Gasteiger partial charge in [-0.05, 0) is 18.2 Å². The maximum atomic E-state index is 14.8. The predicted molar refractivity (Wildman–Crippen MR) is 102 cm³/mol. The molecule has 0 aromatic heterocycles. The second-order valence-electron chi connectivity index (χ2n) is 6.69. The van der Waals surface area contributed by atoms with Gasteiger partial charge >= 0.3 is 12.1 Å². The van der Waals surface area contributed by atoms with Gasteiger partial charge in [-0.2, -0.15) is 0 Å². The molecule has 1 aromatic carbocycles. The Kier molecular flexibility index (Phi) is 6.34. The summed E-state index contributed by atoms with van der Waals surface area (Å²) in [6.45, 7) is 3.42. The van der Waals surface area contributed by atoms with Crippen LogP contribution in [0.15, 0.2) is 18.2 Å². The highest BCUT2D eigenvalue weighted by atomic mass is 19.1. The summed E-state index contributed by atoms with van der Waals surface area (Å²) < 4.78 is 20.0. The minimum atomic E-state index is -0.588. The maximum absolute atomic E-state index is 14.8. The average molecular weight is 409 g/mol. The molecule has 2 saturated heterocycles. The quantitative estimate of drug-likeness (QED) is 0.299. The molecule has 1 aromatic rings. The zero-order valence-corrected chi connectivity index (χ0v) is 16.0. The zero-order chi connectivity index (χ0) is 21.0. The van der Waals surface area contributed by atoms with E-state index in [-0.39, 0.29) is 19.0 Å². The number of carbonyl (C=O) groups is 3. The molecule has 5 N–H and O–H groups in total. The van der Waals surface area contributed by atoms with Crippen LogP contribution in [0.5, 0.6) is 0 Å². The van der Waals surface area contributed by atoms with Gasteiger partial charge in [-0.3, -0.25) is 20.1 Å². The summed E-state index contributed by atoms with van der Waals surface area (Å²) >= 11 is 0. The second-order valence-corrected chi connectivity index (χ2v) is 6.69. The number of ether oxygens (including phenoxy) is 1. The molecule has 3 rings (SSSR count). The Bertz CT molecular complexity index is 793. The highest BCUT2D eigenvalue weighted by Crippen LogP contribution is 2.28. The first-order chi connectivity index (χ1) is 13.9. The molecular weight excluding hydrogens is 385 g/mol. The smallest absolute Gasteiger partial charge is 0.414 e. The van der Waals surface area contributed by atoms with Crippen LogP contribution in [0.2, 0.25) is 0 Å². The van der Waals surface area contributed by atoms with Gasteiger partial charge in [0, 0.05) is 26.6 Å². The van der Waals surface area contributed by atoms with Crippen LogP contribution < -0.4 is 31.8 Å². The van der Waals surface area contributed by atoms with Gasteiger partial charge in [-0.15, -0.1) is 0 Å². The van der Waals surface area contributed by atoms with E-state index in [4.69, 9.17) is 10.6 Å². The van der Waals surface area contributed by atoms with Crippen LogP contribution in [0.4, 0.5) is 25.4 Å². The third kappa shape index (κ3) is 4.84. The number of hydrazine groups is 2. The minimum Gasteiger partial charge on any atom is -0.442 e. The van der Waals surface area contributed by atoms with E-state index in [0.29, 0.717) is 37.6 Å². The van der Waals surface area contributed by atoms with Crippen LogP contribution in [0.25, 0.3) is 0 Å². The molecule has 29 heavy (non-hydrogen) atoms. The van der Waals surface area contributed by atoms with Crippen molar-refractivity contribution in [1.82, 2.24) is 21.2 Å². The summed E-state index contributed by atoms with van der Waals surface area (Å²) in [5.41, 5.74) is 5.71. The molecule has 11 nitrogen and oxygen atoms in total. The van der Waals surface area contributed by atoms with Crippen molar-refractivity contribution < 1.29 is 23.5 Å². The predicted octanol–water partition coefficient (Wildman–Crippen LogP) is -0.503. The number of benzene rings is 1. The Hall–Kier alpha value is -3.12. The van der Waals surface area contributed by atoms with Crippen LogP contribution in [0.3, 0.4) is 0 Å². The lowest BCUT2D eigenvalue weighted by Crippen LogP contribution is -2.50. The minimum absolute atomic E-state index is 0.200. The van der Waals surface area contributed by atoms with Crippen molar-refractivity contribution in [2.45, 2.75) is 13.0 Å². The van der Waals surface area contributed by atoms with Crippen LogP contribution in [-0.4, -0.2) is 68.4 Å². The monoisotopic (exact) mass is 409 g/mol. The summed E-state index contributed by atoms with van der Waals surface area (Å²) in [5.74, 6) is 4.43. The van der Waals surface area contributed by atoms with Crippen molar-refractivity contribution in [2.75, 3.05) is 49.1 Å². The number of nitrogens with one attached hydrogen (secondary N) is 3. The number of urea groups is 1. The summed E-state index contributed by atoms with van der Waals surface area (Å²) in [7, 11) is 0. The molecular formula is C17H24FN7O4. The van der Waals surface area contributed by atoms with Crippen molar-refractivity contribution in [3.8, 4) is 0 Å². The first kappa shape index (κ1) is 20.6. The van der Waals surface area contributed by atoms with Gasteiger partial charge in [0.1, 0.15) is 11.9 Å². The fourth-order valence-corrected chi connectivity index (χ4v) is 3.24. The van der Waals surface area contributed by atoms with Crippen LogP contribution >= 0.6 is 0 Å². The molecule has 0 bridgehead atoms. The molecule has 0 saturated carbocycles. The lowest BCUT2D eigenvalue weighted by Gasteiger charge is -2.24. The van der Waals surface area contributed by atoms with Crippen molar-refractivity contribution in [2.24, 2.45) is 5.84 Å². The van der Waals surface area contributed by atoms with Gasteiger partial charge < -0.3 is 15.0 Å². The molecule has 2 aliphatic heterocycles. The zero-order valence-electron chi connectivity index (χ0n) is 16.0. The number of rotatable bonds is 4. The first-order valence-electron chi connectivity index (χ1n) is 9.17. The van der Waals surface area contributed by atoms with Crippen molar-refractivity contribution in [1.29, 1.82) is 0 Å². The van der Waals surface area contributed by atoms with Crippen LogP contribution in [0, 0.1) is 5.82 Å². The highest BCUT2D eigenvalue weighted by Gasteiger charge is 2.33. The lowest BCUT2D eigenvalue weighted by atomic mass is 10.2. The third-order valence-corrected chi connectivity index (χ3v) is 4.68. The average Bonchev–Trinajstić information content (AvgIpc) is 2.90. The lowest BCUT2D eigenvalue weighted by molar-refractivity contribution is -0.119. The largest absolute Gasteiger partial charge is 0.442 e. The number of carbonyl (C=O) groups excluding carboxylic acids is 3. The SMILES string of the molecule is CC(=O)NC[C@H]1CN(c2ccc(N3CCNN(C(=O)NN)CC3)c(F)c2)C(=O)O1. The van der Waals surface area contributed by atoms with E-state index in [9.17, 15) is 18.8 Å². The van der Waals surface area contributed by atoms with E-state index < -0.39 is 24.0 Å². The maximum Gasteiger partial charge on any atom is 0.414 e. The van der Waals surface area contributed by atoms with E-state index in [1.165, 1.54) is 22.9 Å². The Morgan fingerprint density at radius 3 is 2.83 bits per heavy atom. The Balaban J connectivity index is 1.66. The van der Waals surface area contributed by atoms with Gasteiger partial charge in [0.25, 0.3) is 0 Å². The molecule has 4 amide bonds. The molecule has 0 aliphatic carbocycles. The number of amides is 4. The molecule has 0 spiro atoms. The topological polar surface area (TPSA) is 132 Å². The van der Waals surface area contributed by atoms with E-state index in [1.807, 2.05) is 5.43 Å². The van der Waals surface area contributed by atoms with Crippen LogP contribution in [0.1, 0.15) is 6.92 Å². The number of nitrogens with two attached hydrogens (primary N) is 1. The fourth-order valence-electron chi connectivity index (χ4n) is 3.24. The van der Waals surface area contributed by atoms with E-state index in [2.05, 4.69) is 10.7 Å². The summed E-state index contributed by atoms with van der Waals surface area (Å²) in [6.07, 6.45) is -1.08. The molecule has 1 atom stereocenters. The van der Waals surface area contributed by atoms with Gasteiger partial charge in [0.2, 0.25) is 5.91 Å². The standard InChI is InChI=1S/C17H24FN7O4/c1-11(26)20-9-13-10-24(17(28)29-13)12-2-3-15(14(18)8-12)23-5-4-21-25(7-6-23)16(27)22-19/h2-3,8,13,21H,4-7,9-10,19H2,1H3,(H,20,26)(H,22,27)/t13-/m0/s1. The number of anilines is 2. The molecule has 12 heteroatoms. The summed E-state index contributed by atoms with van der Waals surface area (Å²) in [4.78, 5) is 37.9. The van der Waals surface area contributed by atoms with Crippen molar-refractivity contribution in [3.63, 3.8) is 0 Å². The Morgan fingerprint density at radius 2 is 2.14 bits per heavy atom. The molecule has 0 radical (unpaired) electrons. The van der Waals surface area contributed by atoms with Gasteiger partial charge in [0.15, 0.2) is 0 Å². The number of hydrogen-bond acceptors (Lipinski definition) is 7. The number of halogens is 1. The molecule has 2 heterocycles. The third-order valence-electron chi connectivity index (χ3n) is 4.68. The Morgan fingerprint density at radius 1 is 1.34 bits per heavy atom.